The molecule has 0 aliphatic carbocycles. The Kier molecular flexibility index (Phi) is 3.87. The molecule has 2 aliphatic heterocycles. The molecule has 0 amide bonds. The number of likely N-dealkylation sites (tertiary alicyclic amines) is 1. The Morgan fingerprint density at radius 3 is 3.10 bits per heavy atom. The van der Waals surface area contributed by atoms with Gasteiger partial charge < -0.3 is 19.5 Å². The number of aliphatic carboxylic acids is 1. The van der Waals surface area contributed by atoms with E-state index in [2.05, 4.69) is 4.90 Å². The summed E-state index contributed by atoms with van der Waals surface area (Å²) in [6, 6.07) is 7.80. The van der Waals surface area contributed by atoms with Gasteiger partial charge in [0.05, 0.1) is 0 Å². The fourth-order valence-corrected chi connectivity index (χ4v) is 3.54. The van der Waals surface area contributed by atoms with E-state index in [1.54, 1.807) is 7.11 Å². The molecule has 0 radical (unpaired) electrons. The van der Waals surface area contributed by atoms with E-state index in [1.807, 2.05) is 24.3 Å². The van der Waals surface area contributed by atoms with Crippen LogP contribution in [-0.2, 0) is 9.53 Å². The van der Waals surface area contributed by atoms with Crippen molar-refractivity contribution in [2.24, 2.45) is 5.41 Å². The van der Waals surface area contributed by atoms with Crippen molar-refractivity contribution in [3.8, 4) is 5.75 Å². The summed E-state index contributed by atoms with van der Waals surface area (Å²) in [5.74, 6) is 0.0804. The molecular formula is C16H21NO4. The first-order chi connectivity index (χ1) is 10.2. The second-order valence-electron chi connectivity index (χ2n) is 5.92. The van der Waals surface area contributed by atoms with Gasteiger partial charge in [-0.25, -0.2) is 0 Å². The van der Waals surface area contributed by atoms with Crippen molar-refractivity contribution in [3.63, 3.8) is 0 Å². The van der Waals surface area contributed by atoms with Crippen LogP contribution in [0.2, 0.25) is 0 Å². The van der Waals surface area contributed by atoms with E-state index in [0.29, 0.717) is 13.2 Å². The van der Waals surface area contributed by atoms with Gasteiger partial charge in [-0.1, -0.05) is 18.2 Å². The number of carboxylic acids is 1. The maximum atomic E-state index is 11.9. The zero-order valence-corrected chi connectivity index (χ0v) is 12.2. The molecule has 0 saturated carbocycles. The van der Waals surface area contributed by atoms with Crippen molar-refractivity contribution in [1.82, 2.24) is 4.90 Å². The van der Waals surface area contributed by atoms with Crippen LogP contribution in [0, 0.1) is 5.41 Å². The number of rotatable bonds is 5. The summed E-state index contributed by atoms with van der Waals surface area (Å²) in [5.41, 5.74) is 0.210. The Morgan fingerprint density at radius 1 is 1.52 bits per heavy atom. The van der Waals surface area contributed by atoms with E-state index in [-0.39, 0.29) is 12.5 Å². The first kappa shape index (κ1) is 14.4. The van der Waals surface area contributed by atoms with Gasteiger partial charge in [0.25, 0.3) is 0 Å². The number of ether oxygens (including phenoxy) is 2. The number of fused-ring (bicyclic) bond motifs is 3. The van der Waals surface area contributed by atoms with Crippen LogP contribution in [0.1, 0.15) is 17.9 Å². The van der Waals surface area contributed by atoms with Crippen LogP contribution in [0.4, 0.5) is 0 Å². The lowest BCUT2D eigenvalue weighted by Crippen LogP contribution is -2.45. The van der Waals surface area contributed by atoms with Gasteiger partial charge in [0.1, 0.15) is 17.8 Å². The molecule has 114 valence electrons. The van der Waals surface area contributed by atoms with E-state index in [9.17, 15) is 9.90 Å². The second-order valence-corrected chi connectivity index (χ2v) is 5.92. The number of para-hydroxylation sites is 1. The Morgan fingerprint density at radius 2 is 2.33 bits per heavy atom. The molecule has 21 heavy (non-hydrogen) atoms. The lowest BCUT2D eigenvalue weighted by atomic mass is 9.73. The van der Waals surface area contributed by atoms with Crippen LogP contribution in [0.15, 0.2) is 24.3 Å². The third-order valence-corrected chi connectivity index (χ3v) is 4.64. The van der Waals surface area contributed by atoms with Gasteiger partial charge in [0.2, 0.25) is 0 Å². The third-order valence-electron chi connectivity index (χ3n) is 4.64. The summed E-state index contributed by atoms with van der Waals surface area (Å²) >= 11 is 0. The van der Waals surface area contributed by atoms with E-state index < -0.39 is 11.4 Å². The summed E-state index contributed by atoms with van der Waals surface area (Å²) in [6.45, 7) is 3.14. The van der Waals surface area contributed by atoms with Crippen LogP contribution >= 0.6 is 0 Å². The van der Waals surface area contributed by atoms with Crippen molar-refractivity contribution in [2.75, 3.05) is 40.0 Å². The lowest BCUT2D eigenvalue weighted by Gasteiger charge is -2.35. The predicted octanol–water partition coefficient (Wildman–Crippen LogP) is 1.59. The van der Waals surface area contributed by atoms with Crippen molar-refractivity contribution in [2.45, 2.75) is 12.3 Å². The molecule has 2 aliphatic rings. The summed E-state index contributed by atoms with van der Waals surface area (Å²) in [5, 5.41) is 9.78. The quantitative estimate of drug-likeness (QED) is 0.835. The molecule has 5 heteroatoms. The molecule has 1 aromatic carbocycles. The maximum Gasteiger partial charge on any atom is 0.315 e. The van der Waals surface area contributed by atoms with Gasteiger partial charge in [-0.05, 0) is 18.1 Å². The molecule has 1 fully saturated rings. The monoisotopic (exact) mass is 291 g/mol. The number of nitrogens with zero attached hydrogens (tertiary/aromatic N) is 1. The predicted molar refractivity (Wildman–Crippen MR) is 77.7 cm³/mol. The van der Waals surface area contributed by atoms with Crippen LogP contribution in [0.3, 0.4) is 0 Å². The van der Waals surface area contributed by atoms with E-state index >= 15 is 0 Å². The Balaban J connectivity index is 1.85. The summed E-state index contributed by atoms with van der Waals surface area (Å²) in [6.07, 6.45) is 0.918. The minimum Gasteiger partial charge on any atom is -0.492 e. The first-order valence-corrected chi connectivity index (χ1v) is 7.34. The average Bonchev–Trinajstić information content (AvgIpc) is 2.88. The molecule has 1 aromatic rings. The molecule has 1 N–H and O–H groups in total. The number of hydrogen-bond acceptors (Lipinski definition) is 4. The highest BCUT2D eigenvalue weighted by molar-refractivity contribution is 5.78. The standard InChI is InChI=1S/C16H21NO4/c1-20-8-4-7-17-9-13-12-5-2-3-6-14(12)21-11-16(13,10-17)15(18)19/h2-3,5-6,13H,4,7-11H2,1H3,(H,18,19)/t13-,16-/m1/s1. The Hall–Kier alpha value is -1.59. The van der Waals surface area contributed by atoms with Crippen molar-refractivity contribution < 1.29 is 19.4 Å². The van der Waals surface area contributed by atoms with Crippen molar-refractivity contribution in [1.29, 1.82) is 0 Å². The third kappa shape index (κ3) is 2.40. The highest BCUT2D eigenvalue weighted by Crippen LogP contribution is 2.49. The molecule has 5 nitrogen and oxygen atoms in total. The molecule has 1 saturated heterocycles. The molecule has 2 heterocycles. The zero-order chi connectivity index (χ0) is 14.9. The SMILES string of the molecule is COCCCN1C[C@@H]2c3ccccc3OC[C@]2(C(=O)O)C1. The Labute approximate surface area is 124 Å². The average molecular weight is 291 g/mol. The molecule has 2 atom stereocenters. The largest absolute Gasteiger partial charge is 0.492 e. The number of hydrogen-bond donors (Lipinski definition) is 1. The van der Waals surface area contributed by atoms with Gasteiger partial charge in [0.15, 0.2) is 0 Å². The molecule has 0 bridgehead atoms. The van der Waals surface area contributed by atoms with Crippen LogP contribution in [-0.4, -0.2) is 55.9 Å². The first-order valence-electron chi connectivity index (χ1n) is 7.34. The van der Waals surface area contributed by atoms with Gasteiger partial charge in [-0.3, -0.25) is 4.79 Å². The van der Waals surface area contributed by atoms with Gasteiger partial charge in [0, 0.05) is 39.3 Å². The minimum absolute atomic E-state index is 0.00231. The molecule has 0 aromatic heterocycles. The number of carbonyl (C=O) groups is 1. The summed E-state index contributed by atoms with van der Waals surface area (Å²) < 4.78 is 10.8. The lowest BCUT2D eigenvalue weighted by molar-refractivity contribution is -0.151. The van der Waals surface area contributed by atoms with Crippen LogP contribution in [0.5, 0.6) is 5.75 Å². The van der Waals surface area contributed by atoms with Gasteiger partial charge >= 0.3 is 5.97 Å². The normalized spacial score (nSPS) is 27.8. The van der Waals surface area contributed by atoms with Gasteiger partial charge in [-0.2, -0.15) is 0 Å². The smallest absolute Gasteiger partial charge is 0.315 e. The van der Waals surface area contributed by atoms with Gasteiger partial charge in [-0.15, -0.1) is 0 Å². The minimum atomic E-state index is -0.818. The second kappa shape index (κ2) is 5.66. The molecule has 0 spiro atoms. The highest BCUT2D eigenvalue weighted by Gasteiger charge is 2.56. The van der Waals surface area contributed by atoms with Crippen LogP contribution in [0.25, 0.3) is 0 Å². The number of carboxylic acid groups (broad SMARTS) is 1. The Bertz CT molecular complexity index is 533. The topological polar surface area (TPSA) is 59.0 Å². The fourth-order valence-electron chi connectivity index (χ4n) is 3.54. The fraction of sp³-hybridized carbons (Fsp3) is 0.562. The summed E-state index contributed by atoms with van der Waals surface area (Å²) in [4.78, 5) is 14.1. The molecular weight excluding hydrogens is 270 g/mol. The van der Waals surface area contributed by atoms with Crippen LogP contribution < -0.4 is 4.74 Å². The number of methoxy groups -OCH3 is 1. The van der Waals surface area contributed by atoms with Crippen molar-refractivity contribution >= 4 is 5.97 Å². The van der Waals surface area contributed by atoms with E-state index in [1.165, 1.54) is 0 Å². The van der Waals surface area contributed by atoms with Crippen molar-refractivity contribution in [3.05, 3.63) is 29.8 Å². The summed E-state index contributed by atoms with van der Waals surface area (Å²) in [7, 11) is 1.69. The maximum absolute atomic E-state index is 11.9. The zero-order valence-electron chi connectivity index (χ0n) is 12.2. The molecule has 0 unspecified atom stereocenters. The van der Waals surface area contributed by atoms with E-state index in [4.69, 9.17) is 9.47 Å². The highest BCUT2D eigenvalue weighted by atomic mass is 16.5. The molecule has 3 rings (SSSR count). The van der Waals surface area contributed by atoms with E-state index in [0.717, 1.165) is 30.8 Å². The number of benzene rings is 1.